The lowest BCUT2D eigenvalue weighted by Gasteiger charge is -2.03. The van der Waals surface area contributed by atoms with E-state index in [0.717, 1.165) is 17.5 Å². The number of carbonyl (C=O) groups is 1. The van der Waals surface area contributed by atoms with Crippen molar-refractivity contribution in [2.24, 2.45) is 0 Å². The fraction of sp³-hybridized carbons (Fsp3) is 0.105. The molecule has 0 saturated carbocycles. The molecule has 4 nitrogen and oxygen atoms in total. The van der Waals surface area contributed by atoms with Crippen molar-refractivity contribution in [3.05, 3.63) is 71.8 Å². The molecule has 2 heterocycles. The number of carbonyl (C=O) groups excluding carboxylic acids is 1. The number of fused-ring (bicyclic) bond motifs is 2. The van der Waals surface area contributed by atoms with Crippen molar-refractivity contribution in [1.82, 2.24) is 15.3 Å². The highest BCUT2D eigenvalue weighted by Crippen LogP contribution is 2.18. The van der Waals surface area contributed by atoms with E-state index in [9.17, 15) is 9.18 Å². The number of amides is 1. The summed E-state index contributed by atoms with van der Waals surface area (Å²) in [5.74, 6) is -0.501. The number of rotatable bonds is 4. The van der Waals surface area contributed by atoms with Crippen LogP contribution in [0.4, 0.5) is 4.39 Å². The topological polar surface area (TPSA) is 60.7 Å². The fourth-order valence-corrected chi connectivity index (χ4v) is 2.97. The van der Waals surface area contributed by atoms with Crippen LogP contribution in [0.3, 0.4) is 0 Å². The third kappa shape index (κ3) is 2.65. The molecule has 24 heavy (non-hydrogen) atoms. The largest absolute Gasteiger partial charge is 0.361 e. The average Bonchev–Trinajstić information content (AvgIpc) is 3.18. The lowest BCUT2D eigenvalue weighted by molar-refractivity contribution is 0.0950. The Morgan fingerprint density at radius 3 is 2.88 bits per heavy atom. The minimum absolute atomic E-state index is 0.188. The SMILES string of the molecule is O=C(NCCc1c[nH]c2ccccc12)c1cc2cc(F)ccc2[nH]1. The minimum Gasteiger partial charge on any atom is -0.361 e. The molecule has 2 aromatic carbocycles. The van der Waals surface area contributed by atoms with E-state index in [1.165, 1.54) is 23.1 Å². The van der Waals surface area contributed by atoms with Gasteiger partial charge in [0.1, 0.15) is 11.5 Å². The summed E-state index contributed by atoms with van der Waals surface area (Å²) in [6.45, 7) is 0.532. The maximum absolute atomic E-state index is 13.2. The molecule has 0 bridgehead atoms. The van der Waals surface area contributed by atoms with E-state index < -0.39 is 0 Å². The molecule has 0 spiro atoms. The van der Waals surface area contributed by atoms with Crippen molar-refractivity contribution >= 4 is 27.7 Å². The molecule has 0 saturated heterocycles. The zero-order valence-corrected chi connectivity index (χ0v) is 12.9. The van der Waals surface area contributed by atoms with E-state index in [-0.39, 0.29) is 11.7 Å². The molecule has 5 heteroatoms. The van der Waals surface area contributed by atoms with Gasteiger partial charge in [0.25, 0.3) is 5.91 Å². The third-order valence-electron chi connectivity index (χ3n) is 4.18. The Balaban J connectivity index is 1.44. The first-order chi connectivity index (χ1) is 11.7. The van der Waals surface area contributed by atoms with E-state index in [4.69, 9.17) is 0 Å². The molecule has 4 rings (SSSR count). The van der Waals surface area contributed by atoms with Crippen molar-refractivity contribution in [2.75, 3.05) is 6.54 Å². The van der Waals surface area contributed by atoms with Gasteiger partial charge in [-0.25, -0.2) is 4.39 Å². The molecule has 3 N–H and O–H groups in total. The number of nitrogens with one attached hydrogen (secondary N) is 3. The van der Waals surface area contributed by atoms with Gasteiger partial charge in [0, 0.05) is 34.5 Å². The lowest BCUT2D eigenvalue weighted by atomic mass is 10.1. The summed E-state index contributed by atoms with van der Waals surface area (Å²) in [7, 11) is 0. The summed E-state index contributed by atoms with van der Waals surface area (Å²) in [5, 5.41) is 4.77. The Morgan fingerprint density at radius 1 is 1.08 bits per heavy atom. The first-order valence-electron chi connectivity index (χ1n) is 7.82. The molecule has 0 aliphatic rings. The number of aromatic amines is 2. The van der Waals surface area contributed by atoms with Crippen LogP contribution in [0.15, 0.2) is 54.7 Å². The highest BCUT2D eigenvalue weighted by atomic mass is 19.1. The highest BCUT2D eigenvalue weighted by molar-refractivity contribution is 5.98. The zero-order valence-electron chi connectivity index (χ0n) is 12.9. The van der Waals surface area contributed by atoms with Crippen LogP contribution in [0.2, 0.25) is 0 Å². The van der Waals surface area contributed by atoms with E-state index in [2.05, 4.69) is 21.4 Å². The predicted octanol–water partition coefficient (Wildman–Crippen LogP) is 3.76. The van der Waals surface area contributed by atoms with Crippen LogP contribution in [0.5, 0.6) is 0 Å². The smallest absolute Gasteiger partial charge is 0.267 e. The van der Waals surface area contributed by atoms with Crippen molar-refractivity contribution in [2.45, 2.75) is 6.42 Å². The molecule has 0 fully saturated rings. The summed E-state index contributed by atoms with van der Waals surface area (Å²) < 4.78 is 13.2. The Labute approximate surface area is 137 Å². The second kappa shape index (κ2) is 5.85. The molecule has 4 aromatic rings. The maximum Gasteiger partial charge on any atom is 0.267 e. The van der Waals surface area contributed by atoms with Crippen molar-refractivity contribution in [3.63, 3.8) is 0 Å². The first-order valence-corrected chi connectivity index (χ1v) is 7.82. The zero-order chi connectivity index (χ0) is 16.5. The number of aromatic nitrogens is 2. The molecular formula is C19H16FN3O. The van der Waals surface area contributed by atoms with Crippen LogP contribution >= 0.6 is 0 Å². The quantitative estimate of drug-likeness (QED) is 0.526. The summed E-state index contributed by atoms with van der Waals surface area (Å²) >= 11 is 0. The fourth-order valence-electron chi connectivity index (χ4n) is 2.97. The monoisotopic (exact) mass is 321 g/mol. The van der Waals surface area contributed by atoms with E-state index in [0.29, 0.717) is 17.6 Å². The minimum atomic E-state index is -0.312. The Morgan fingerprint density at radius 2 is 1.96 bits per heavy atom. The Bertz CT molecular complexity index is 1030. The molecule has 120 valence electrons. The normalized spacial score (nSPS) is 11.2. The van der Waals surface area contributed by atoms with Gasteiger partial charge in [-0.1, -0.05) is 18.2 Å². The summed E-state index contributed by atoms with van der Waals surface area (Å²) in [6.07, 6.45) is 2.72. The Hall–Kier alpha value is -3.08. The van der Waals surface area contributed by atoms with Gasteiger partial charge >= 0.3 is 0 Å². The third-order valence-corrected chi connectivity index (χ3v) is 4.18. The van der Waals surface area contributed by atoms with Gasteiger partial charge in [-0.3, -0.25) is 4.79 Å². The van der Waals surface area contributed by atoms with Crippen LogP contribution in [-0.4, -0.2) is 22.4 Å². The van der Waals surface area contributed by atoms with E-state index >= 15 is 0 Å². The van der Waals surface area contributed by atoms with E-state index in [1.807, 2.05) is 24.4 Å². The number of hydrogen-bond acceptors (Lipinski definition) is 1. The van der Waals surface area contributed by atoms with Crippen molar-refractivity contribution in [1.29, 1.82) is 0 Å². The van der Waals surface area contributed by atoms with Gasteiger partial charge < -0.3 is 15.3 Å². The highest BCUT2D eigenvalue weighted by Gasteiger charge is 2.10. The molecular weight excluding hydrogens is 305 g/mol. The van der Waals surface area contributed by atoms with Crippen molar-refractivity contribution in [3.8, 4) is 0 Å². The molecule has 2 aromatic heterocycles. The molecule has 1 amide bonds. The molecule has 0 aliphatic carbocycles. The number of benzene rings is 2. The number of H-pyrrole nitrogens is 2. The average molecular weight is 321 g/mol. The van der Waals surface area contributed by atoms with Gasteiger partial charge in [0.2, 0.25) is 0 Å². The molecule has 0 aliphatic heterocycles. The molecule has 0 radical (unpaired) electrons. The lowest BCUT2D eigenvalue weighted by Crippen LogP contribution is -2.25. The number of halogens is 1. The van der Waals surface area contributed by atoms with Gasteiger partial charge in [-0.05, 0) is 42.3 Å². The second-order valence-corrected chi connectivity index (χ2v) is 5.78. The summed E-state index contributed by atoms with van der Waals surface area (Å²) in [6, 6.07) is 14.2. The van der Waals surface area contributed by atoms with Crippen LogP contribution in [-0.2, 0) is 6.42 Å². The van der Waals surface area contributed by atoms with Crippen LogP contribution < -0.4 is 5.32 Å². The number of para-hydroxylation sites is 1. The first kappa shape index (κ1) is 14.5. The predicted molar refractivity (Wildman–Crippen MR) is 92.6 cm³/mol. The standard InChI is InChI=1S/C19H16FN3O/c20-14-5-6-16-13(9-14)10-18(23-16)19(24)21-8-7-12-11-22-17-4-2-1-3-15(12)17/h1-6,9-11,22-23H,7-8H2,(H,21,24). The van der Waals surface area contributed by atoms with Gasteiger partial charge in [0.05, 0.1) is 0 Å². The van der Waals surface area contributed by atoms with Crippen molar-refractivity contribution < 1.29 is 9.18 Å². The van der Waals surface area contributed by atoms with Gasteiger partial charge in [-0.2, -0.15) is 0 Å². The summed E-state index contributed by atoms with van der Waals surface area (Å²) in [4.78, 5) is 18.5. The number of hydrogen-bond donors (Lipinski definition) is 3. The molecule has 0 unspecified atom stereocenters. The second-order valence-electron chi connectivity index (χ2n) is 5.78. The van der Waals surface area contributed by atoms with Gasteiger partial charge in [-0.15, -0.1) is 0 Å². The van der Waals surface area contributed by atoms with Crippen LogP contribution in [0, 0.1) is 5.82 Å². The summed E-state index contributed by atoms with van der Waals surface area (Å²) in [5.41, 5.74) is 3.45. The molecule has 0 atom stereocenters. The van der Waals surface area contributed by atoms with Crippen LogP contribution in [0.1, 0.15) is 16.1 Å². The van der Waals surface area contributed by atoms with Gasteiger partial charge in [0.15, 0.2) is 0 Å². The Kier molecular flexibility index (Phi) is 3.54. The van der Waals surface area contributed by atoms with Crippen LogP contribution in [0.25, 0.3) is 21.8 Å². The maximum atomic E-state index is 13.2. The van der Waals surface area contributed by atoms with E-state index in [1.54, 1.807) is 12.1 Å².